The Labute approximate surface area is 197 Å². The van der Waals surface area contributed by atoms with Crippen LogP contribution in [-0.2, 0) is 21.9 Å². The molecule has 1 atom stereocenters. The monoisotopic (exact) mass is 484 g/mol. The Kier molecular flexibility index (Phi) is 10.6. The molecule has 0 fully saturated rings. The van der Waals surface area contributed by atoms with Gasteiger partial charge in [0.15, 0.2) is 0 Å². The molecule has 2 rings (SSSR count). The lowest BCUT2D eigenvalue weighted by Crippen LogP contribution is -2.49. The van der Waals surface area contributed by atoms with Gasteiger partial charge < -0.3 is 10.2 Å². The summed E-state index contributed by atoms with van der Waals surface area (Å²) in [5.74, 6) is 0.142. The zero-order chi connectivity index (χ0) is 22.8. The Bertz CT molecular complexity index is 880. The molecule has 168 valence electrons. The fourth-order valence-corrected chi connectivity index (χ4v) is 4.38. The first-order chi connectivity index (χ1) is 14.8. The predicted octanol–water partition coefficient (Wildman–Crippen LogP) is 5.70. The van der Waals surface area contributed by atoms with Gasteiger partial charge in [0.2, 0.25) is 11.8 Å². The second-order valence-electron chi connectivity index (χ2n) is 7.09. The van der Waals surface area contributed by atoms with Crippen molar-refractivity contribution in [1.29, 1.82) is 0 Å². The third-order valence-corrected chi connectivity index (χ3v) is 6.27. The molecule has 0 aromatic heterocycles. The molecule has 1 unspecified atom stereocenters. The zero-order valence-electron chi connectivity index (χ0n) is 17.7. The minimum Gasteiger partial charge on any atom is -0.354 e. The predicted molar refractivity (Wildman–Crippen MR) is 127 cm³/mol. The molecular formula is C23H27Cl2FN2O2S. The van der Waals surface area contributed by atoms with E-state index in [9.17, 15) is 14.0 Å². The molecule has 0 heterocycles. The highest BCUT2D eigenvalue weighted by atomic mass is 35.5. The van der Waals surface area contributed by atoms with E-state index in [2.05, 4.69) is 5.32 Å². The molecule has 2 amide bonds. The highest BCUT2D eigenvalue weighted by Gasteiger charge is 2.28. The Morgan fingerprint density at radius 2 is 1.84 bits per heavy atom. The highest BCUT2D eigenvalue weighted by Crippen LogP contribution is 2.24. The van der Waals surface area contributed by atoms with E-state index < -0.39 is 6.04 Å². The van der Waals surface area contributed by atoms with Crippen LogP contribution in [0.2, 0.25) is 10.0 Å². The normalized spacial score (nSPS) is 11.8. The Morgan fingerprint density at radius 3 is 2.45 bits per heavy atom. The summed E-state index contributed by atoms with van der Waals surface area (Å²) in [6.45, 7) is 4.62. The number of benzene rings is 2. The summed E-state index contributed by atoms with van der Waals surface area (Å²) < 4.78 is 13.1. The number of rotatable bonds is 11. The molecule has 0 radical (unpaired) electrons. The quantitative estimate of drug-likeness (QED) is 0.444. The lowest BCUT2D eigenvalue weighted by atomic mass is 10.1. The molecule has 0 spiro atoms. The maximum absolute atomic E-state index is 13.1. The molecule has 4 nitrogen and oxygen atoms in total. The third kappa shape index (κ3) is 8.02. The standard InChI is InChI=1S/C23H27Cl2FN2O2S/c1-3-11-27-23(30)21(4-2)28(13-17-7-8-18(24)12-20(17)25)22(29)15-31-14-16-5-9-19(26)10-6-16/h5-10,12,21H,3-4,11,13-15H2,1-2H3,(H,27,30). The SMILES string of the molecule is CCCNC(=O)C(CC)N(Cc1ccc(Cl)cc1Cl)C(=O)CSCc1ccc(F)cc1. The summed E-state index contributed by atoms with van der Waals surface area (Å²) in [7, 11) is 0. The van der Waals surface area contributed by atoms with E-state index in [0.29, 0.717) is 28.8 Å². The average molecular weight is 485 g/mol. The summed E-state index contributed by atoms with van der Waals surface area (Å²) in [6, 6.07) is 10.7. The molecule has 2 aromatic carbocycles. The molecule has 0 aliphatic carbocycles. The van der Waals surface area contributed by atoms with E-state index >= 15 is 0 Å². The fourth-order valence-electron chi connectivity index (χ4n) is 3.04. The van der Waals surface area contributed by atoms with Crippen molar-refractivity contribution in [3.63, 3.8) is 0 Å². The van der Waals surface area contributed by atoms with Gasteiger partial charge in [-0.1, -0.05) is 55.2 Å². The van der Waals surface area contributed by atoms with Crippen LogP contribution in [0.1, 0.15) is 37.8 Å². The number of hydrogen-bond acceptors (Lipinski definition) is 3. The number of thioether (sulfide) groups is 1. The Hall–Kier alpha value is -1.76. The van der Waals surface area contributed by atoms with E-state index in [1.54, 1.807) is 35.2 Å². The number of carbonyl (C=O) groups excluding carboxylic acids is 2. The van der Waals surface area contributed by atoms with Crippen LogP contribution in [0.25, 0.3) is 0 Å². The van der Waals surface area contributed by atoms with Crippen LogP contribution in [0.4, 0.5) is 4.39 Å². The molecule has 0 saturated carbocycles. The lowest BCUT2D eigenvalue weighted by Gasteiger charge is -2.31. The van der Waals surface area contributed by atoms with Gasteiger partial charge in [0, 0.05) is 28.9 Å². The second kappa shape index (κ2) is 12.9. The number of hydrogen-bond donors (Lipinski definition) is 1. The van der Waals surface area contributed by atoms with Crippen LogP contribution in [0.15, 0.2) is 42.5 Å². The van der Waals surface area contributed by atoms with E-state index in [-0.39, 0.29) is 29.9 Å². The van der Waals surface area contributed by atoms with Crippen LogP contribution >= 0.6 is 35.0 Å². The first-order valence-corrected chi connectivity index (χ1v) is 12.1. The summed E-state index contributed by atoms with van der Waals surface area (Å²) >= 11 is 13.7. The van der Waals surface area contributed by atoms with E-state index in [0.717, 1.165) is 17.5 Å². The number of amides is 2. The van der Waals surface area contributed by atoms with Crippen molar-refractivity contribution in [1.82, 2.24) is 10.2 Å². The van der Waals surface area contributed by atoms with Crippen LogP contribution in [0, 0.1) is 5.82 Å². The van der Waals surface area contributed by atoms with E-state index in [1.807, 2.05) is 13.8 Å². The van der Waals surface area contributed by atoms with Gasteiger partial charge in [0.05, 0.1) is 5.75 Å². The van der Waals surface area contributed by atoms with Gasteiger partial charge >= 0.3 is 0 Å². The number of nitrogens with one attached hydrogen (secondary N) is 1. The highest BCUT2D eigenvalue weighted by molar-refractivity contribution is 7.99. The van der Waals surface area contributed by atoms with Crippen molar-refractivity contribution < 1.29 is 14.0 Å². The van der Waals surface area contributed by atoms with Gasteiger partial charge in [-0.25, -0.2) is 4.39 Å². The minimum atomic E-state index is -0.600. The summed E-state index contributed by atoms with van der Waals surface area (Å²) in [5.41, 5.74) is 1.66. The van der Waals surface area contributed by atoms with Gasteiger partial charge in [-0.05, 0) is 48.2 Å². The van der Waals surface area contributed by atoms with Crippen molar-refractivity contribution in [3.8, 4) is 0 Å². The largest absolute Gasteiger partial charge is 0.354 e. The van der Waals surface area contributed by atoms with Crippen LogP contribution in [-0.4, -0.2) is 35.1 Å². The van der Waals surface area contributed by atoms with Gasteiger partial charge in [0.25, 0.3) is 0 Å². The molecule has 1 N–H and O–H groups in total. The molecular weight excluding hydrogens is 458 g/mol. The van der Waals surface area contributed by atoms with Gasteiger partial charge in [-0.15, -0.1) is 11.8 Å². The van der Waals surface area contributed by atoms with Crippen LogP contribution in [0.3, 0.4) is 0 Å². The van der Waals surface area contributed by atoms with Gasteiger partial charge in [0.1, 0.15) is 11.9 Å². The molecule has 0 bridgehead atoms. The molecule has 0 saturated heterocycles. The fraction of sp³-hybridized carbons (Fsp3) is 0.391. The van der Waals surface area contributed by atoms with Crippen LogP contribution < -0.4 is 5.32 Å². The third-order valence-electron chi connectivity index (χ3n) is 4.70. The lowest BCUT2D eigenvalue weighted by molar-refractivity contribution is -0.139. The molecule has 0 aliphatic rings. The van der Waals surface area contributed by atoms with Crippen LogP contribution in [0.5, 0.6) is 0 Å². The van der Waals surface area contributed by atoms with Crippen molar-refractivity contribution in [3.05, 3.63) is 69.5 Å². The van der Waals surface area contributed by atoms with Crippen molar-refractivity contribution in [2.24, 2.45) is 0 Å². The van der Waals surface area contributed by atoms with Crippen molar-refractivity contribution in [2.75, 3.05) is 12.3 Å². The van der Waals surface area contributed by atoms with Gasteiger partial charge in [-0.3, -0.25) is 9.59 Å². The molecule has 2 aromatic rings. The summed E-state index contributed by atoms with van der Waals surface area (Å²) in [4.78, 5) is 27.5. The van der Waals surface area contributed by atoms with E-state index in [4.69, 9.17) is 23.2 Å². The number of nitrogens with zero attached hydrogens (tertiary/aromatic N) is 1. The number of carbonyl (C=O) groups is 2. The first-order valence-electron chi connectivity index (χ1n) is 10.2. The zero-order valence-corrected chi connectivity index (χ0v) is 20.0. The summed E-state index contributed by atoms with van der Waals surface area (Å²) in [5, 5.41) is 3.85. The minimum absolute atomic E-state index is 0.156. The van der Waals surface area contributed by atoms with Crippen molar-refractivity contribution in [2.45, 2.75) is 45.0 Å². The molecule has 31 heavy (non-hydrogen) atoms. The van der Waals surface area contributed by atoms with E-state index in [1.165, 1.54) is 23.9 Å². The first kappa shape index (κ1) is 25.5. The maximum atomic E-state index is 13.1. The summed E-state index contributed by atoms with van der Waals surface area (Å²) in [6.07, 6.45) is 1.29. The van der Waals surface area contributed by atoms with Crippen molar-refractivity contribution >= 4 is 46.8 Å². The average Bonchev–Trinajstić information content (AvgIpc) is 2.74. The molecule has 8 heteroatoms. The second-order valence-corrected chi connectivity index (χ2v) is 8.92. The number of halogens is 3. The Morgan fingerprint density at radius 1 is 1.13 bits per heavy atom. The molecule has 0 aliphatic heterocycles. The maximum Gasteiger partial charge on any atom is 0.242 e. The topological polar surface area (TPSA) is 49.4 Å². The smallest absolute Gasteiger partial charge is 0.242 e. The van der Waals surface area contributed by atoms with Gasteiger partial charge in [-0.2, -0.15) is 0 Å². The Balaban J connectivity index is 2.14.